The molecule has 102 valence electrons. The smallest absolute Gasteiger partial charge is 0.220 e. The number of hydrogen-bond donors (Lipinski definition) is 2. The van der Waals surface area contributed by atoms with Crippen molar-refractivity contribution in [1.29, 1.82) is 5.26 Å². The Morgan fingerprint density at radius 1 is 1.32 bits per heavy atom. The highest BCUT2D eigenvalue weighted by molar-refractivity contribution is 5.75. The number of nitriles is 1. The van der Waals surface area contributed by atoms with Crippen LogP contribution in [-0.4, -0.2) is 18.5 Å². The van der Waals surface area contributed by atoms with Gasteiger partial charge >= 0.3 is 0 Å². The van der Waals surface area contributed by atoms with Gasteiger partial charge in [0.05, 0.1) is 11.6 Å². The third-order valence-electron chi connectivity index (χ3n) is 2.71. The third kappa shape index (κ3) is 6.58. The van der Waals surface area contributed by atoms with E-state index in [-0.39, 0.29) is 5.91 Å². The number of carbonyl (C=O) groups is 1. The molecule has 0 aromatic heterocycles. The molecule has 0 unspecified atom stereocenters. The molecule has 1 aromatic carbocycles. The van der Waals surface area contributed by atoms with Gasteiger partial charge in [0, 0.05) is 19.0 Å². The van der Waals surface area contributed by atoms with Crippen molar-refractivity contribution in [2.24, 2.45) is 0 Å². The highest BCUT2D eigenvalue weighted by Gasteiger charge is 2.01. The number of benzene rings is 1. The number of carbonyl (C=O) groups excluding carboxylic acids is 1. The van der Waals surface area contributed by atoms with E-state index in [1.165, 1.54) is 0 Å². The molecule has 0 spiro atoms. The van der Waals surface area contributed by atoms with Crippen LogP contribution in [0.5, 0.6) is 0 Å². The van der Waals surface area contributed by atoms with Gasteiger partial charge in [-0.1, -0.05) is 26.0 Å². The Morgan fingerprint density at radius 3 is 2.58 bits per heavy atom. The van der Waals surface area contributed by atoms with Gasteiger partial charge in [-0.25, -0.2) is 0 Å². The molecular formula is C15H21N3O. The van der Waals surface area contributed by atoms with Crippen LogP contribution in [-0.2, 0) is 11.3 Å². The lowest BCUT2D eigenvalue weighted by Gasteiger charge is -2.08. The quantitative estimate of drug-likeness (QED) is 0.736. The average Bonchev–Trinajstić information content (AvgIpc) is 2.41. The van der Waals surface area contributed by atoms with Crippen LogP contribution in [0.2, 0.25) is 0 Å². The maximum atomic E-state index is 11.6. The summed E-state index contributed by atoms with van der Waals surface area (Å²) in [7, 11) is 0. The van der Waals surface area contributed by atoms with E-state index in [4.69, 9.17) is 5.26 Å². The van der Waals surface area contributed by atoms with Gasteiger partial charge < -0.3 is 10.6 Å². The second-order valence-electron chi connectivity index (χ2n) is 4.80. The van der Waals surface area contributed by atoms with Gasteiger partial charge in [-0.3, -0.25) is 4.79 Å². The van der Waals surface area contributed by atoms with E-state index in [1.54, 1.807) is 12.1 Å². The molecule has 0 aliphatic heterocycles. The molecular weight excluding hydrogens is 238 g/mol. The molecule has 1 amide bonds. The Bertz CT molecular complexity index is 432. The minimum atomic E-state index is 0.0647. The Morgan fingerprint density at radius 2 is 2.00 bits per heavy atom. The van der Waals surface area contributed by atoms with Gasteiger partial charge in [-0.05, 0) is 30.7 Å². The Balaban J connectivity index is 2.20. The number of hydrogen-bond acceptors (Lipinski definition) is 3. The maximum absolute atomic E-state index is 11.6. The molecule has 0 radical (unpaired) electrons. The van der Waals surface area contributed by atoms with Crippen LogP contribution < -0.4 is 10.6 Å². The second-order valence-corrected chi connectivity index (χ2v) is 4.80. The molecule has 0 aliphatic carbocycles. The van der Waals surface area contributed by atoms with Crippen LogP contribution in [0.1, 0.15) is 37.8 Å². The van der Waals surface area contributed by atoms with Crippen LogP contribution >= 0.6 is 0 Å². The van der Waals surface area contributed by atoms with E-state index in [9.17, 15) is 4.79 Å². The van der Waals surface area contributed by atoms with Crippen molar-refractivity contribution in [3.05, 3.63) is 35.4 Å². The van der Waals surface area contributed by atoms with Crippen molar-refractivity contribution in [3.63, 3.8) is 0 Å². The van der Waals surface area contributed by atoms with E-state index in [0.717, 1.165) is 18.5 Å². The largest absolute Gasteiger partial charge is 0.352 e. The zero-order valence-electron chi connectivity index (χ0n) is 11.6. The van der Waals surface area contributed by atoms with E-state index >= 15 is 0 Å². The molecule has 0 bridgehead atoms. The minimum Gasteiger partial charge on any atom is -0.352 e. The van der Waals surface area contributed by atoms with Gasteiger partial charge in [0.15, 0.2) is 0 Å². The first-order valence-corrected chi connectivity index (χ1v) is 6.61. The monoisotopic (exact) mass is 259 g/mol. The summed E-state index contributed by atoms with van der Waals surface area (Å²) in [6.45, 7) is 5.56. The highest BCUT2D eigenvalue weighted by Crippen LogP contribution is 2.03. The van der Waals surface area contributed by atoms with Crippen LogP contribution in [0.3, 0.4) is 0 Å². The number of rotatable bonds is 7. The van der Waals surface area contributed by atoms with Crippen LogP contribution in [0.4, 0.5) is 0 Å². The van der Waals surface area contributed by atoms with Crippen molar-refractivity contribution in [1.82, 2.24) is 10.6 Å². The summed E-state index contributed by atoms with van der Waals surface area (Å²) in [5, 5.41) is 14.8. The lowest BCUT2D eigenvalue weighted by atomic mass is 10.1. The van der Waals surface area contributed by atoms with Crippen LogP contribution in [0.25, 0.3) is 0 Å². The van der Waals surface area contributed by atoms with E-state index < -0.39 is 0 Å². The summed E-state index contributed by atoms with van der Waals surface area (Å²) < 4.78 is 0. The van der Waals surface area contributed by atoms with Gasteiger partial charge in [-0.2, -0.15) is 5.26 Å². The number of nitrogens with one attached hydrogen (secondary N) is 2. The topological polar surface area (TPSA) is 64.9 Å². The predicted molar refractivity (Wildman–Crippen MR) is 75.4 cm³/mol. The summed E-state index contributed by atoms with van der Waals surface area (Å²) in [4.78, 5) is 11.6. The molecule has 0 fully saturated rings. The summed E-state index contributed by atoms with van der Waals surface area (Å²) in [6.07, 6.45) is 1.38. The number of nitrogens with zero attached hydrogens (tertiary/aromatic N) is 1. The minimum absolute atomic E-state index is 0.0647. The van der Waals surface area contributed by atoms with Crippen molar-refractivity contribution < 1.29 is 4.79 Å². The molecule has 1 rings (SSSR count). The zero-order chi connectivity index (χ0) is 14.1. The average molecular weight is 259 g/mol. The summed E-state index contributed by atoms with van der Waals surface area (Å²) in [5.74, 6) is 0.0647. The first-order chi connectivity index (χ1) is 9.11. The standard InChI is InChI=1S/C15H21N3O/c1-12(2)17-9-3-4-15(19)18-11-14-7-5-13(10-16)6-8-14/h5-8,12,17H,3-4,9,11H2,1-2H3,(H,18,19). The molecule has 0 aliphatic rings. The lowest BCUT2D eigenvalue weighted by Crippen LogP contribution is -2.27. The summed E-state index contributed by atoms with van der Waals surface area (Å²) in [6, 6.07) is 9.76. The van der Waals surface area contributed by atoms with Crippen molar-refractivity contribution in [2.45, 2.75) is 39.3 Å². The van der Waals surface area contributed by atoms with Gasteiger partial charge in [0.1, 0.15) is 0 Å². The Labute approximate surface area is 114 Å². The van der Waals surface area contributed by atoms with Gasteiger partial charge in [0.25, 0.3) is 0 Å². The fraction of sp³-hybridized carbons (Fsp3) is 0.467. The molecule has 0 heterocycles. The van der Waals surface area contributed by atoms with E-state index in [1.807, 2.05) is 12.1 Å². The van der Waals surface area contributed by atoms with E-state index in [2.05, 4.69) is 30.6 Å². The van der Waals surface area contributed by atoms with Crippen LogP contribution in [0.15, 0.2) is 24.3 Å². The van der Waals surface area contributed by atoms with Crippen LogP contribution in [0, 0.1) is 11.3 Å². The third-order valence-corrected chi connectivity index (χ3v) is 2.71. The summed E-state index contributed by atoms with van der Waals surface area (Å²) in [5.41, 5.74) is 1.64. The zero-order valence-corrected chi connectivity index (χ0v) is 11.6. The molecule has 2 N–H and O–H groups in total. The van der Waals surface area contributed by atoms with Crippen molar-refractivity contribution >= 4 is 5.91 Å². The molecule has 0 atom stereocenters. The molecule has 0 saturated carbocycles. The van der Waals surface area contributed by atoms with Gasteiger partial charge in [0.2, 0.25) is 5.91 Å². The highest BCUT2D eigenvalue weighted by atomic mass is 16.1. The Kier molecular flexibility index (Phi) is 6.62. The number of amides is 1. The first kappa shape index (κ1) is 15.2. The molecule has 1 aromatic rings. The molecule has 0 saturated heterocycles. The Hall–Kier alpha value is -1.86. The van der Waals surface area contributed by atoms with E-state index in [0.29, 0.717) is 24.6 Å². The molecule has 4 nitrogen and oxygen atoms in total. The fourth-order valence-corrected chi connectivity index (χ4v) is 1.63. The SMILES string of the molecule is CC(C)NCCCC(=O)NCc1ccc(C#N)cc1. The first-order valence-electron chi connectivity index (χ1n) is 6.61. The lowest BCUT2D eigenvalue weighted by molar-refractivity contribution is -0.121. The van der Waals surface area contributed by atoms with Crippen molar-refractivity contribution in [2.75, 3.05) is 6.54 Å². The van der Waals surface area contributed by atoms with Gasteiger partial charge in [-0.15, -0.1) is 0 Å². The fourth-order valence-electron chi connectivity index (χ4n) is 1.63. The van der Waals surface area contributed by atoms with Crippen molar-refractivity contribution in [3.8, 4) is 6.07 Å². The predicted octanol–water partition coefficient (Wildman–Crippen LogP) is 1.95. The molecule has 4 heteroatoms. The summed E-state index contributed by atoms with van der Waals surface area (Å²) >= 11 is 0. The normalized spacial score (nSPS) is 10.2. The maximum Gasteiger partial charge on any atom is 0.220 e. The second kappa shape index (κ2) is 8.28. The molecule has 19 heavy (non-hydrogen) atoms.